The monoisotopic (exact) mass is 371 g/mol. The summed E-state index contributed by atoms with van der Waals surface area (Å²) in [4.78, 5) is 13.9. The van der Waals surface area contributed by atoms with E-state index in [4.69, 9.17) is 9.47 Å². The van der Waals surface area contributed by atoms with Crippen molar-refractivity contribution in [3.8, 4) is 0 Å². The summed E-state index contributed by atoms with van der Waals surface area (Å²) >= 11 is 0. The van der Waals surface area contributed by atoms with Crippen LogP contribution in [-0.4, -0.2) is 53.1 Å². The van der Waals surface area contributed by atoms with Gasteiger partial charge in [-0.3, -0.25) is 0 Å². The number of ether oxygens (including phenoxy) is 2. The number of carbonyl (C=O) groups excluding carboxylic acids is 1. The largest absolute Gasteiger partial charge is 0.445 e. The van der Waals surface area contributed by atoms with E-state index in [1.807, 2.05) is 60.7 Å². The minimum absolute atomic E-state index is 0.179. The Bertz CT molecular complexity index is 709. The van der Waals surface area contributed by atoms with E-state index in [0.717, 1.165) is 11.1 Å². The SMILES string of the molecule is O=C(OCc1ccccc1)N1CC(CO)C(O)C(OCc2ccccc2)C1. The van der Waals surface area contributed by atoms with Crippen molar-refractivity contribution in [2.75, 3.05) is 19.7 Å². The van der Waals surface area contributed by atoms with Crippen molar-refractivity contribution >= 4 is 6.09 Å². The van der Waals surface area contributed by atoms with Gasteiger partial charge < -0.3 is 24.6 Å². The molecule has 0 aliphatic carbocycles. The highest BCUT2D eigenvalue weighted by Crippen LogP contribution is 2.22. The Kier molecular flexibility index (Phi) is 6.81. The van der Waals surface area contributed by atoms with Gasteiger partial charge in [0.2, 0.25) is 0 Å². The Hall–Kier alpha value is -2.41. The van der Waals surface area contributed by atoms with E-state index in [-0.39, 0.29) is 26.3 Å². The van der Waals surface area contributed by atoms with Gasteiger partial charge in [-0.05, 0) is 11.1 Å². The molecule has 1 aliphatic rings. The summed E-state index contributed by atoms with van der Waals surface area (Å²) in [6.07, 6.45) is -1.89. The second kappa shape index (κ2) is 9.50. The van der Waals surface area contributed by atoms with Gasteiger partial charge in [0, 0.05) is 12.5 Å². The van der Waals surface area contributed by atoms with Gasteiger partial charge in [0.1, 0.15) is 12.7 Å². The molecule has 0 bridgehead atoms. The summed E-state index contributed by atoms with van der Waals surface area (Å²) in [6.45, 7) is 0.731. The van der Waals surface area contributed by atoms with Crippen LogP contribution in [0.5, 0.6) is 0 Å². The molecule has 0 aromatic heterocycles. The van der Waals surface area contributed by atoms with Gasteiger partial charge >= 0.3 is 6.09 Å². The Morgan fingerprint density at radius 2 is 1.56 bits per heavy atom. The number of hydrogen-bond acceptors (Lipinski definition) is 5. The fraction of sp³-hybridized carbons (Fsp3) is 0.381. The van der Waals surface area contributed by atoms with Crippen LogP contribution < -0.4 is 0 Å². The Balaban J connectivity index is 1.58. The number of aliphatic hydroxyl groups is 2. The lowest BCUT2D eigenvalue weighted by atomic mass is 9.93. The van der Waals surface area contributed by atoms with E-state index in [0.29, 0.717) is 6.61 Å². The average Bonchev–Trinajstić information content (AvgIpc) is 2.72. The summed E-state index contributed by atoms with van der Waals surface area (Å²) in [6, 6.07) is 19.1. The first-order valence-corrected chi connectivity index (χ1v) is 9.07. The molecule has 1 amide bonds. The summed E-state index contributed by atoms with van der Waals surface area (Å²) in [5, 5.41) is 20.0. The van der Waals surface area contributed by atoms with Crippen molar-refractivity contribution in [3.63, 3.8) is 0 Å². The van der Waals surface area contributed by atoms with Crippen molar-refractivity contribution in [1.29, 1.82) is 0 Å². The maximum Gasteiger partial charge on any atom is 0.410 e. The van der Waals surface area contributed by atoms with Crippen molar-refractivity contribution < 1.29 is 24.5 Å². The van der Waals surface area contributed by atoms with Gasteiger partial charge in [-0.15, -0.1) is 0 Å². The van der Waals surface area contributed by atoms with Gasteiger partial charge in [-0.2, -0.15) is 0 Å². The maximum absolute atomic E-state index is 12.4. The fourth-order valence-electron chi connectivity index (χ4n) is 3.15. The lowest BCUT2D eigenvalue weighted by Crippen LogP contribution is -2.56. The first kappa shape index (κ1) is 19.4. The third-order valence-corrected chi connectivity index (χ3v) is 4.72. The normalized spacial score (nSPS) is 22.4. The molecular formula is C21H25NO5. The number of nitrogens with zero attached hydrogens (tertiary/aromatic N) is 1. The number of hydrogen-bond donors (Lipinski definition) is 2. The quantitative estimate of drug-likeness (QED) is 0.814. The second-order valence-electron chi connectivity index (χ2n) is 6.71. The highest BCUT2D eigenvalue weighted by atomic mass is 16.6. The van der Waals surface area contributed by atoms with Crippen molar-refractivity contribution in [1.82, 2.24) is 4.90 Å². The fourth-order valence-corrected chi connectivity index (χ4v) is 3.15. The van der Waals surface area contributed by atoms with E-state index in [1.54, 1.807) is 0 Å². The van der Waals surface area contributed by atoms with E-state index in [2.05, 4.69) is 0 Å². The van der Waals surface area contributed by atoms with E-state index in [1.165, 1.54) is 4.90 Å². The first-order valence-electron chi connectivity index (χ1n) is 9.07. The molecule has 2 aromatic rings. The highest BCUT2D eigenvalue weighted by Gasteiger charge is 2.38. The minimum Gasteiger partial charge on any atom is -0.445 e. The predicted molar refractivity (Wildman–Crippen MR) is 99.8 cm³/mol. The second-order valence-corrected chi connectivity index (χ2v) is 6.71. The van der Waals surface area contributed by atoms with Gasteiger partial charge in [0.25, 0.3) is 0 Å². The molecule has 6 nitrogen and oxygen atoms in total. The summed E-state index contributed by atoms with van der Waals surface area (Å²) in [5.41, 5.74) is 1.88. The van der Waals surface area contributed by atoms with Crippen LogP contribution in [0.1, 0.15) is 11.1 Å². The summed E-state index contributed by atoms with van der Waals surface area (Å²) in [5.74, 6) is -0.469. The lowest BCUT2D eigenvalue weighted by Gasteiger charge is -2.40. The van der Waals surface area contributed by atoms with Crippen molar-refractivity contribution in [3.05, 3.63) is 71.8 Å². The van der Waals surface area contributed by atoms with Gasteiger partial charge in [-0.25, -0.2) is 4.79 Å². The van der Waals surface area contributed by atoms with E-state index in [9.17, 15) is 15.0 Å². The van der Waals surface area contributed by atoms with Crippen LogP contribution >= 0.6 is 0 Å². The zero-order valence-electron chi connectivity index (χ0n) is 15.1. The Morgan fingerprint density at radius 3 is 2.15 bits per heavy atom. The molecule has 0 spiro atoms. The highest BCUT2D eigenvalue weighted by molar-refractivity contribution is 5.68. The topological polar surface area (TPSA) is 79.2 Å². The van der Waals surface area contributed by atoms with Gasteiger partial charge in [0.15, 0.2) is 0 Å². The molecule has 1 fully saturated rings. The van der Waals surface area contributed by atoms with E-state index >= 15 is 0 Å². The number of benzene rings is 2. The average molecular weight is 371 g/mol. The number of likely N-dealkylation sites (tertiary alicyclic amines) is 1. The Morgan fingerprint density at radius 1 is 0.963 bits per heavy atom. The molecule has 0 radical (unpaired) electrons. The van der Waals surface area contributed by atoms with Crippen LogP contribution in [-0.2, 0) is 22.7 Å². The van der Waals surface area contributed by atoms with Crippen LogP contribution in [0.15, 0.2) is 60.7 Å². The summed E-state index contributed by atoms with van der Waals surface area (Å²) in [7, 11) is 0. The van der Waals surface area contributed by atoms with Crippen molar-refractivity contribution in [2.45, 2.75) is 25.4 Å². The standard InChI is InChI=1S/C21H25NO5/c23-13-18-11-22(21(25)27-15-17-9-5-2-6-10-17)12-19(20(18)24)26-14-16-7-3-1-4-8-16/h1-10,18-20,23-24H,11-15H2. The Labute approximate surface area is 159 Å². The number of amides is 1. The number of rotatable bonds is 6. The molecule has 6 heteroatoms. The van der Waals surface area contributed by atoms with Crippen LogP contribution in [0, 0.1) is 5.92 Å². The molecule has 2 N–H and O–H groups in total. The molecule has 144 valence electrons. The molecule has 0 saturated carbocycles. The molecule has 27 heavy (non-hydrogen) atoms. The molecule has 3 unspecified atom stereocenters. The molecule has 2 aromatic carbocycles. The van der Waals surface area contributed by atoms with Gasteiger partial charge in [-0.1, -0.05) is 60.7 Å². The molecule has 3 atom stereocenters. The van der Waals surface area contributed by atoms with Crippen LogP contribution in [0.3, 0.4) is 0 Å². The molecule has 1 saturated heterocycles. The molecule has 1 aliphatic heterocycles. The predicted octanol–water partition coefficient (Wildman–Crippen LogP) is 2.19. The van der Waals surface area contributed by atoms with Crippen LogP contribution in [0.2, 0.25) is 0 Å². The number of aliphatic hydroxyl groups excluding tert-OH is 2. The summed E-state index contributed by atoms with van der Waals surface area (Å²) < 4.78 is 11.2. The molecular weight excluding hydrogens is 346 g/mol. The third-order valence-electron chi connectivity index (χ3n) is 4.72. The number of carbonyl (C=O) groups is 1. The zero-order valence-corrected chi connectivity index (χ0v) is 15.1. The van der Waals surface area contributed by atoms with Gasteiger partial charge in [0.05, 0.1) is 25.9 Å². The number of piperidine rings is 1. The van der Waals surface area contributed by atoms with Crippen LogP contribution in [0.4, 0.5) is 4.79 Å². The minimum atomic E-state index is -0.836. The third kappa shape index (κ3) is 5.29. The molecule has 3 rings (SSSR count). The lowest BCUT2D eigenvalue weighted by molar-refractivity contribution is -0.117. The van der Waals surface area contributed by atoms with Crippen LogP contribution in [0.25, 0.3) is 0 Å². The smallest absolute Gasteiger partial charge is 0.410 e. The van der Waals surface area contributed by atoms with E-state index < -0.39 is 24.2 Å². The first-order chi connectivity index (χ1) is 13.2. The zero-order chi connectivity index (χ0) is 19.1. The molecule has 1 heterocycles. The van der Waals surface area contributed by atoms with Crippen molar-refractivity contribution in [2.24, 2.45) is 5.92 Å². The maximum atomic E-state index is 12.4.